The first-order valence-corrected chi connectivity index (χ1v) is 3.03. The molecule has 10 heavy (non-hydrogen) atoms. The molecule has 52 valence electrons. The zero-order chi connectivity index (χ0) is 7.40. The van der Waals surface area contributed by atoms with Crippen LogP contribution in [0, 0.1) is 0 Å². The minimum absolute atomic E-state index is 0.762. The first-order chi connectivity index (χ1) is 4.88. The maximum absolute atomic E-state index is 4.00. The van der Waals surface area contributed by atoms with Crippen molar-refractivity contribution in [3.8, 4) is 0 Å². The van der Waals surface area contributed by atoms with Crippen molar-refractivity contribution in [1.82, 2.24) is 9.66 Å². The lowest BCUT2D eigenvalue weighted by molar-refractivity contribution is 0.866. The molecule has 0 saturated carbocycles. The number of aromatic nitrogens is 2. The van der Waals surface area contributed by atoms with E-state index in [2.05, 4.69) is 16.7 Å². The molecule has 0 aliphatic heterocycles. The molecule has 0 aliphatic rings. The smallest absolute Gasteiger partial charge is 0.152 e. The van der Waals surface area contributed by atoms with Crippen LogP contribution in [-0.4, -0.2) is 15.9 Å². The summed E-state index contributed by atoms with van der Waals surface area (Å²) in [5, 5.41) is 4.00. The third-order valence-electron chi connectivity index (χ3n) is 1.07. The van der Waals surface area contributed by atoms with Crippen molar-refractivity contribution >= 4 is 12.3 Å². The molecule has 0 unspecified atom stereocenters. The highest BCUT2D eigenvalue weighted by atomic mass is 15.4. The highest BCUT2D eigenvalue weighted by Gasteiger charge is 1.91. The minimum Gasteiger partial charge on any atom is -0.236 e. The Labute approximate surface area is 59.7 Å². The molecule has 0 amide bonds. The molecule has 0 aromatic carbocycles. The molecular weight excluding hydrogens is 126 g/mol. The molecule has 0 aliphatic carbocycles. The van der Waals surface area contributed by atoms with Crippen LogP contribution in [0.4, 0.5) is 0 Å². The molecule has 0 N–H and O–H groups in total. The van der Waals surface area contributed by atoms with Gasteiger partial charge in [0.2, 0.25) is 0 Å². The summed E-state index contributed by atoms with van der Waals surface area (Å²) in [5.74, 6) is 0.762. The molecule has 1 rings (SSSR count). The zero-order valence-corrected chi connectivity index (χ0v) is 5.86. The van der Waals surface area contributed by atoms with Gasteiger partial charge in [-0.15, -0.1) is 0 Å². The van der Waals surface area contributed by atoms with E-state index in [0.717, 1.165) is 5.82 Å². The standard InChI is InChI=1S/C7H9N3/c1-3-7-8-5-6-10(7)9-4-2/h3-6H,1H2,2H3/b9-4-. The normalized spacial score (nSPS) is 10.5. The summed E-state index contributed by atoms with van der Waals surface area (Å²) >= 11 is 0. The van der Waals surface area contributed by atoms with Crippen LogP contribution < -0.4 is 0 Å². The van der Waals surface area contributed by atoms with E-state index in [4.69, 9.17) is 0 Å². The maximum Gasteiger partial charge on any atom is 0.152 e. The summed E-state index contributed by atoms with van der Waals surface area (Å²) < 4.78 is 1.66. The van der Waals surface area contributed by atoms with Gasteiger partial charge in [0.05, 0.1) is 0 Å². The van der Waals surface area contributed by atoms with Gasteiger partial charge in [0.25, 0.3) is 0 Å². The Morgan fingerprint density at radius 2 is 2.60 bits per heavy atom. The van der Waals surface area contributed by atoms with Gasteiger partial charge in [-0.25, -0.2) is 9.66 Å². The van der Waals surface area contributed by atoms with Crippen molar-refractivity contribution in [1.29, 1.82) is 0 Å². The van der Waals surface area contributed by atoms with Crippen molar-refractivity contribution in [3.05, 3.63) is 24.8 Å². The zero-order valence-electron chi connectivity index (χ0n) is 5.86. The molecule has 3 heteroatoms. The monoisotopic (exact) mass is 135 g/mol. The topological polar surface area (TPSA) is 30.2 Å². The quantitative estimate of drug-likeness (QED) is 0.563. The van der Waals surface area contributed by atoms with Gasteiger partial charge in [-0.05, 0) is 13.0 Å². The predicted molar refractivity (Wildman–Crippen MR) is 41.9 cm³/mol. The molecular formula is C7H9N3. The number of rotatable bonds is 2. The third-order valence-corrected chi connectivity index (χ3v) is 1.07. The van der Waals surface area contributed by atoms with Crippen molar-refractivity contribution in [3.63, 3.8) is 0 Å². The maximum atomic E-state index is 4.00. The van der Waals surface area contributed by atoms with Crippen LogP contribution >= 0.6 is 0 Å². The summed E-state index contributed by atoms with van der Waals surface area (Å²) in [7, 11) is 0. The van der Waals surface area contributed by atoms with E-state index in [1.165, 1.54) is 0 Å². The number of imidazole rings is 1. The molecule has 0 spiro atoms. The fraction of sp³-hybridized carbons (Fsp3) is 0.143. The Kier molecular flexibility index (Phi) is 1.99. The Balaban J connectivity index is 3.00. The van der Waals surface area contributed by atoms with Crippen LogP contribution in [-0.2, 0) is 0 Å². The van der Waals surface area contributed by atoms with Crippen molar-refractivity contribution in [2.24, 2.45) is 5.10 Å². The number of hydrogen-bond acceptors (Lipinski definition) is 2. The summed E-state index contributed by atoms with van der Waals surface area (Å²) in [6, 6.07) is 0. The second-order valence-corrected chi connectivity index (χ2v) is 1.71. The van der Waals surface area contributed by atoms with E-state index in [1.54, 1.807) is 29.4 Å². The van der Waals surface area contributed by atoms with Crippen LogP contribution in [0.5, 0.6) is 0 Å². The van der Waals surface area contributed by atoms with Crippen LogP contribution in [0.3, 0.4) is 0 Å². The highest BCUT2D eigenvalue weighted by molar-refractivity contribution is 5.53. The van der Waals surface area contributed by atoms with Crippen molar-refractivity contribution in [2.75, 3.05) is 0 Å². The van der Waals surface area contributed by atoms with Gasteiger partial charge in [0, 0.05) is 18.6 Å². The molecule has 0 fully saturated rings. The third kappa shape index (κ3) is 1.13. The molecule has 1 heterocycles. The Bertz CT molecular complexity index is 247. The van der Waals surface area contributed by atoms with Gasteiger partial charge >= 0.3 is 0 Å². The lowest BCUT2D eigenvalue weighted by Crippen LogP contribution is -1.89. The number of hydrogen-bond donors (Lipinski definition) is 0. The Morgan fingerprint density at radius 1 is 1.80 bits per heavy atom. The minimum atomic E-state index is 0.762. The average molecular weight is 135 g/mol. The van der Waals surface area contributed by atoms with E-state index in [9.17, 15) is 0 Å². The highest BCUT2D eigenvalue weighted by Crippen LogP contribution is 1.96. The van der Waals surface area contributed by atoms with E-state index in [1.807, 2.05) is 6.92 Å². The SMILES string of the molecule is C=Cc1nccn1/N=C\C. The summed E-state index contributed by atoms with van der Waals surface area (Å²) in [5.41, 5.74) is 0. The van der Waals surface area contributed by atoms with Crippen molar-refractivity contribution < 1.29 is 0 Å². The predicted octanol–water partition coefficient (Wildman–Crippen LogP) is 1.38. The Morgan fingerprint density at radius 3 is 3.20 bits per heavy atom. The summed E-state index contributed by atoms with van der Waals surface area (Å²) in [6.45, 7) is 5.44. The van der Waals surface area contributed by atoms with Gasteiger partial charge in [-0.3, -0.25) is 0 Å². The van der Waals surface area contributed by atoms with Crippen LogP contribution in [0.25, 0.3) is 6.08 Å². The summed E-state index contributed by atoms with van der Waals surface area (Å²) in [4.78, 5) is 3.98. The molecule has 0 saturated heterocycles. The first kappa shape index (κ1) is 6.74. The van der Waals surface area contributed by atoms with E-state index < -0.39 is 0 Å². The van der Waals surface area contributed by atoms with Gasteiger partial charge in [0.1, 0.15) is 0 Å². The average Bonchev–Trinajstić information content (AvgIpc) is 2.36. The van der Waals surface area contributed by atoms with Crippen molar-refractivity contribution in [2.45, 2.75) is 6.92 Å². The summed E-state index contributed by atoms with van der Waals surface area (Å²) in [6.07, 6.45) is 6.82. The molecule has 0 atom stereocenters. The van der Waals surface area contributed by atoms with Crippen LogP contribution in [0.2, 0.25) is 0 Å². The molecule has 1 aromatic rings. The van der Waals surface area contributed by atoms with Gasteiger partial charge in [-0.2, -0.15) is 5.10 Å². The van der Waals surface area contributed by atoms with E-state index in [-0.39, 0.29) is 0 Å². The fourth-order valence-electron chi connectivity index (χ4n) is 0.677. The van der Waals surface area contributed by atoms with E-state index >= 15 is 0 Å². The second-order valence-electron chi connectivity index (χ2n) is 1.71. The van der Waals surface area contributed by atoms with Gasteiger partial charge in [0.15, 0.2) is 5.82 Å². The van der Waals surface area contributed by atoms with Crippen LogP contribution in [0.15, 0.2) is 24.1 Å². The van der Waals surface area contributed by atoms with Gasteiger partial charge < -0.3 is 0 Å². The van der Waals surface area contributed by atoms with Gasteiger partial charge in [-0.1, -0.05) is 6.58 Å². The molecule has 0 bridgehead atoms. The molecule has 3 nitrogen and oxygen atoms in total. The Hall–Kier alpha value is -1.38. The first-order valence-electron chi connectivity index (χ1n) is 3.03. The second kappa shape index (κ2) is 2.96. The lowest BCUT2D eigenvalue weighted by atomic mass is 10.6. The fourth-order valence-corrected chi connectivity index (χ4v) is 0.677. The molecule has 0 radical (unpaired) electrons. The lowest BCUT2D eigenvalue weighted by Gasteiger charge is -1.92. The molecule has 1 aromatic heterocycles. The largest absolute Gasteiger partial charge is 0.236 e. The van der Waals surface area contributed by atoms with E-state index in [0.29, 0.717) is 0 Å². The number of nitrogens with zero attached hydrogens (tertiary/aromatic N) is 3. The van der Waals surface area contributed by atoms with Crippen LogP contribution in [0.1, 0.15) is 12.7 Å².